The molecule has 0 aliphatic carbocycles. The molecule has 4 heteroatoms. The standard InChI is InChI=1S/C37H43O3P/c1-28-29(2)37(40)35(30(3)36(28)39)26-25-31(38)18-10-5-4-6-17-27-41(32-19-11-7-12-20-32,33-21-13-8-14-22-33)34-23-15-9-16-24-34/h7-9,11-16,19-26,31,38H,4-6,10,17-18,27H2,1-3H3,(H-,39,40)/p+1/b26-25+. The van der Waals surface area contributed by atoms with Crippen LogP contribution in [0.5, 0.6) is 11.5 Å². The molecule has 0 radical (unpaired) electrons. The summed E-state index contributed by atoms with van der Waals surface area (Å²) in [5.74, 6) is 0.370. The topological polar surface area (TPSA) is 60.7 Å². The quantitative estimate of drug-likeness (QED) is 0.0880. The van der Waals surface area contributed by atoms with Crippen molar-refractivity contribution in [2.45, 2.75) is 65.4 Å². The molecule has 0 saturated carbocycles. The molecule has 41 heavy (non-hydrogen) atoms. The lowest BCUT2D eigenvalue weighted by Gasteiger charge is -2.27. The molecule has 0 heterocycles. The predicted octanol–water partition coefficient (Wildman–Crippen LogP) is 7.73. The maximum atomic E-state index is 10.5. The molecule has 214 valence electrons. The minimum atomic E-state index is -1.77. The van der Waals surface area contributed by atoms with Crippen molar-refractivity contribution in [2.75, 3.05) is 6.16 Å². The Kier molecular flexibility index (Phi) is 10.8. The number of hydrogen-bond acceptors (Lipinski definition) is 3. The summed E-state index contributed by atoms with van der Waals surface area (Å²) in [6, 6.07) is 33.2. The van der Waals surface area contributed by atoms with Crippen LogP contribution in [-0.2, 0) is 0 Å². The summed E-state index contributed by atoms with van der Waals surface area (Å²) in [4.78, 5) is 0. The summed E-state index contributed by atoms with van der Waals surface area (Å²) in [6.45, 7) is 5.38. The monoisotopic (exact) mass is 567 g/mol. The lowest BCUT2D eigenvalue weighted by atomic mass is 9.96. The molecule has 3 N–H and O–H groups in total. The molecule has 0 aromatic heterocycles. The van der Waals surface area contributed by atoms with Crippen LogP contribution in [0.2, 0.25) is 0 Å². The Morgan fingerprint density at radius 2 is 1.02 bits per heavy atom. The van der Waals surface area contributed by atoms with E-state index in [1.807, 2.05) is 0 Å². The van der Waals surface area contributed by atoms with Crippen LogP contribution in [0.3, 0.4) is 0 Å². The smallest absolute Gasteiger partial charge is 0.126 e. The van der Waals surface area contributed by atoms with E-state index in [4.69, 9.17) is 0 Å². The first-order valence-corrected chi connectivity index (χ1v) is 16.8. The van der Waals surface area contributed by atoms with E-state index in [2.05, 4.69) is 91.0 Å². The Bertz CT molecular complexity index is 1290. The Hall–Kier alpha value is -3.39. The SMILES string of the molecule is Cc1c(C)c(O)c(/C=C/C(O)CCCCCCC[P+](c2ccccc2)(c2ccccc2)c2ccccc2)c(C)c1O. The summed E-state index contributed by atoms with van der Waals surface area (Å²) in [5, 5.41) is 35.7. The second kappa shape index (κ2) is 14.5. The van der Waals surface area contributed by atoms with E-state index < -0.39 is 13.4 Å². The van der Waals surface area contributed by atoms with Crippen molar-refractivity contribution in [2.24, 2.45) is 0 Å². The summed E-state index contributed by atoms with van der Waals surface area (Å²) in [7, 11) is -1.77. The van der Waals surface area contributed by atoms with Crippen molar-refractivity contribution >= 4 is 29.3 Å². The van der Waals surface area contributed by atoms with E-state index in [0.717, 1.165) is 38.3 Å². The first-order chi connectivity index (χ1) is 19.9. The molecular formula is C37H44O3P+. The fraction of sp³-hybridized carbons (Fsp3) is 0.297. The van der Waals surface area contributed by atoms with Crippen LogP contribution >= 0.6 is 7.26 Å². The Morgan fingerprint density at radius 3 is 1.54 bits per heavy atom. The zero-order valence-electron chi connectivity index (χ0n) is 24.6. The number of benzene rings is 4. The van der Waals surface area contributed by atoms with Gasteiger partial charge in [0.05, 0.1) is 12.3 Å². The second-order valence-electron chi connectivity index (χ2n) is 11.0. The molecule has 0 amide bonds. The molecule has 0 spiro atoms. The van der Waals surface area contributed by atoms with Crippen molar-refractivity contribution in [1.29, 1.82) is 0 Å². The molecule has 0 fully saturated rings. The Labute approximate surface area is 246 Å². The maximum Gasteiger partial charge on any atom is 0.126 e. The van der Waals surface area contributed by atoms with E-state index in [1.165, 1.54) is 15.9 Å². The van der Waals surface area contributed by atoms with Gasteiger partial charge in [-0.3, -0.25) is 0 Å². The van der Waals surface area contributed by atoms with Crippen molar-refractivity contribution < 1.29 is 15.3 Å². The van der Waals surface area contributed by atoms with Crippen molar-refractivity contribution in [3.63, 3.8) is 0 Å². The first kappa shape index (κ1) is 30.6. The van der Waals surface area contributed by atoms with Crippen molar-refractivity contribution in [1.82, 2.24) is 0 Å². The number of hydrogen-bond donors (Lipinski definition) is 3. The molecule has 1 atom stereocenters. The minimum absolute atomic E-state index is 0.168. The van der Waals surface area contributed by atoms with Gasteiger partial charge in [-0.1, -0.05) is 86.0 Å². The van der Waals surface area contributed by atoms with E-state index in [-0.39, 0.29) is 11.5 Å². The van der Waals surface area contributed by atoms with Crippen LogP contribution in [0, 0.1) is 20.8 Å². The van der Waals surface area contributed by atoms with Gasteiger partial charge in [-0.15, -0.1) is 0 Å². The minimum Gasteiger partial charge on any atom is -0.507 e. The van der Waals surface area contributed by atoms with Gasteiger partial charge in [0.25, 0.3) is 0 Å². The van der Waals surface area contributed by atoms with E-state index in [9.17, 15) is 15.3 Å². The molecule has 4 rings (SSSR count). The average Bonchev–Trinajstić information content (AvgIpc) is 3.02. The fourth-order valence-electron chi connectivity index (χ4n) is 5.77. The average molecular weight is 568 g/mol. The van der Waals surface area contributed by atoms with Crippen LogP contribution in [0.25, 0.3) is 6.08 Å². The van der Waals surface area contributed by atoms with Crippen LogP contribution in [-0.4, -0.2) is 27.6 Å². The van der Waals surface area contributed by atoms with Gasteiger partial charge in [-0.05, 0) is 87.6 Å². The number of phenols is 2. The van der Waals surface area contributed by atoms with Crippen LogP contribution in [0.15, 0.2) is 97.1 Å². The summed E-state index contributed by atoms with van der Waals surface area (Å²) in [5.41, 5.74) is 2.56. The van der Waals surface area contributed by atoms with E-state index >= 15 is 0 Å². The molecule has 3 nitrogen and oxygen atoms in total. The van der Waals surface area contributed by atoms with Gasteiger partial charge in [0, 0.05) is 11.1 Å². The largest absolute Gasteiger partial charge is 0.507 e. The number of aromatic hydroxyl groups is 2. The summed E-state index contributed by atoms with van der Waals surface area (Å²) < 4.78 is 0. The zero-order chi connectivity index (χ0) is 29.2. The van der Waals surface area contributed by atoms with E-state index in [1.54, 1.807) is 32.9 Å². The third kappa shape index (κ3) is 7.10. The molecular weight excluding hydrogens is 523 g/mol. The lowest BCUT2D eigenvalue weighted by Crippen LogP contribution is -2.33. The number of unbranched alkanes of at least 4 members (excludes halogenated alkanes) is 4. The van der Waals surface area contributed by atoms with Crippen LogP contribution in [0.1, 0.15) is 60.8 Å². The molecule has 0 aliphatic rings. The molecule has 0 aliphatic heterocycles. The highest BCUT2D eigenvalue weighted by molar-refractivity contribution is 7.95. The third-order valence-corrected chi connectivity index (χ3v) is 12.9. The Balaban J connectivity index is 1.35. The van der Waals surface area contributed by atoms with Gasteiger partial charge in [-0.2, -0.15) is 0 Å². The van der Waals surface area contributed by atoms with Gasteiger partial charge in [0.1, 0.15) is 34.7 Å². The number of phenolic OH excluding ortho intramolecular Hbond substituents is 2. The molecule has 4 aromatic rings. The summed E-state index contributed by atoms with van der Waals surface area (Å²) in [6.07, 6.45) is 10.2. The first-order valence-electron chi connectivity index (χ1n) is 14.8. The third-order valence-electron chi connectivity index (χ3n) is 8.36. The fourth-order valence-corrected chi connectivity index (χ4v) is 10.2. The van der Waals surface area contributed by atoms with Crippen molar-refractivity contribution in [3.05, 3.63) is 119 Å². The van der Waals surface area contributed by atoms with Gasteiger partial charge in [-0.25, -0.2) is 0 Å². The van der Waals surface area contributed by atoms with E-state index in [0.29, 0.717) is 28.7 Å². The maximum absolute atomic E-state index is 10.5. The number of aliphatic hydroxyl groups is 1. The molecule has 4 aromatic carbocycles. The molecule has 0 bridgehead atoms. The second-order valence-corrected chi connectivity index (χ2v) is 14.6. The van der Waals surface area contributed by atoms with Gasteiger partial charge < -0.3 is 15.3 Å². The van der Waals surface area contributed by atoms with Gasteiger partial charge >= 0.3 is 0 Å². The molecule has 1 unspecified atom stereocenters. The highest BCUT2D eigenvalue weighted by Crippen LogP contribution is 2.56. The molecule has 0 saturated heterocycles. The van der Waals surface area contributed by atoms with Gasteiger partial charge in [0.15, 0.2) is 0 Å². The lowest BCUT2D eigenvalue weighted by molar-refractivity contribution is 0.209. The predicted molar refractivity (Wildman–Crippen MR) is 177 cm³/mol. The number of aliphatic hydroxyl groups excluding tert-OH is 1. The van der Waals surface area contributed by atoms with Gasteiger partial charge in [0.2, 0.25) is 0 Å². The number of rotatable bonds is 13. The summed E-state index contributed by atoms with van der Waals surface area (Å²) >= 11 is 0. The highest BCUT2D eigenvalue weighted by atomic mass is 31.2. The normalized spacial score (nSPS) is 12.6. The Morgan fingerprint density at radius 1 is 0.585 bits per heavy atom. The zero-order valence-corrected chi connectivity index (χ0v) is 25.5. The highest BCUT2D eigenvalue weighted by Gasteiger charge is 2.44. The van der Waals surface area contributed by atoms with Crippen LogP contribution in [0.4, 0.5) is 0 Å². The van der Waals surface area contributed by atoms with Crippen molar-refractivity contribution in [3.8, 4) is 11.5 Å². The van der Waals surface area contributed by atoms with Crippen LogP contribution < -0.4 is 15.9 Å².